The van der Waals surface area contributed by atoms with Crippen LogP contribution in [0.1, 0.15) is 19.3 Å². The Balaban J connectivity index is 2.16. The number of nitriles is 1. The van der Waals surface area contributed by atoms with Gasteiger partial charge in [-0.25, -0.2) is 0 Å². The smallest absolute Gasteiger partial charge is 0.0635 e. The molecular formula is C8H13ClN2. The zero-order valence-electron chi connectivity index (χ0n) is 6.59. The van der Waals surface area contributed by atoms with Gasteiger partial charge in [-0.05, 0) is 12.8 Å². The summed E-state index contributed by atoms with van der Waals surface area (Å²) in [4.78, 5) is 2.32. The van der Waals surface area contributed by atoms with Crippen LogP contribution >= 0.6 is 11.6 Å². The number of hydrogen-bond acceptors (Lipinski definition) is 2. The van der Waals surface area contributed by atoms with Crippen LogP contribution in [0.25, 0.3) is 0 Å². The second kappa shape index (κ2) is 4.58. The first-order chi connectivity index (χ1) is 5.38. The number of alkyl halides is 1. The van der Waals surface area contributed by atoms with Gasteiger partial charge in [0.1, 0.15) is 0 Å². The van der Waals surface area contributed by atoms with Crippen LogP contribution in [0.4, 0.5) is 0 Å². The van der Waals surface area contributed by atoms with Crippen molar-refractivity contribution in [2.45, 2.75) is 25.3 Å². The monoisotopic (exact) mass is 172 g/mol. The predicted octanol–water partition coefficient (Wildman–Crippen LogP) is 1.60. The standard InChI is InChI=1S/C8H13ClN2/c9-4-7-11(6-1-5-10)8-2-3-8/h8H,1-4,6-7H2. The van der Waals surface area contributed by atoms with Gasteiger partial charge in [-0.3, -0.25) is 4.90 Å². The van der Waals surface area contributed by atoms with E-state index in [9.17, 15) is 0 Å². The lowest BCUT2D eigenvalue weighted by molar-refractivity contribution is 0.286. The van der Waals surface area contributed by atoms with Crippen molar-refractivity contribution in [3.05, 3.63) is 0 Å². The molecule has 62 valence electrons. The van der Waals surface area contributed by atoms with Gasteiger partial charge in [-0.1, -0.05) is 0 Å². The Morgan fingerprint density at radius 1 is 1.45 bits per heavy atom. The number of rotatable bonds is 5. The summed E-state index contributed by atoms with van der Waals surface area (Å²) in [5, 5.41) is 8.38. The Morgan fingerprint density at radius 3 is 2.64 bits per heavy atom. The van der Waals surface area contributed by atoms with Crippen LogP contribution in [0, 0.1) is 11.3 Å². The third kappa shape index (κ3) is 3.09. The van der Waals surface area contributed by atoms with E-state index in [4.69, 9.17) is 16.9 Å². The largest absolute Gasteiger partial charge is 0.298 e. The van der Waals surface area contributed by atoms with Crippen LogP contribution in [-0.2, 0) is 0 Å². The molecule has 1 rings (SSSR count). The molecule has 0 atom stereocenters. The van der Waals surface area contributed by atoms with E-state index in [0.29, 0.717) is 12.3 Å². The second-order valence-corrected chi connectivity index (χ2v) is 3.24. The molecule has 0 N–H and O–H groups in total. The Bertz CT molecular complexity index is 149. The molecule has 0 aromatic rings. The lowest BCUT2D eigenvalue weighted by Crippen LogP contribution is -2.28. The lowest BCUT2D eigenvalue weighted by Gasteiger charge is -2.18. The fraction of sp³-hybridized carbons (Fsp3) is 0.875. The van der Waals surface area contributed by atoms with Gasteiger partial charge >= 0.3 is 0 Å². The molecule has 1 fully saturated rings. The highest BCUT2D eigenvalue weighted by Gasteiger charge is 2.27. The maximum Gasteiger partial charge on any atom is 0.0635 e. The summed E-state index contributed by atoms with van der Waals surface area (Å²) in [6.07, 6.45) is 3.22. The second-order valence-electron chi connectivity index (χ2n) is 2.86. The van der Waals surface area contributed by atoms with Crippen LogP contribution in [0.2, 0.25) is 0 Å². The summed E-state index contributed by atoms with van der Waals surface area (Å²) in [7, 11) is 0. The lowest BCUT2D eigenvalue weighted by atomic mass is 10.4. The molecule has 0 amide bonds. The van der Waals surface area contributed by atoms with Gasteiger partial charge in [0.2, 0.25) is 0 Å². The first-order valence-corrected chi connectivity index (χ1v) is 4.59. The quantitative estimate of drug-likeness (QED) is 0.590. The minimum atomic E-state index is 0.632. The molecule has 0 aromatic carbocycles. The van der Waals surface area contributed by atoms with Crippen LogP contribution in [0.3, 0.4) is 0 Å². The normalized spacial score (nSPS) is 16.8. The summed E-state index contributed by atoms with van der Waals surface area (Å²) < 4.78 is 0. The molecule has 1 aliphatic rings. The molecule has 0 aliphatic heterocycles. The number of nitrogens with zero attached hydrogens (tertiary/aromatic N) is 2. The molecular weight excluding hydrogens is 160 g/mol. The first-order valence-electron chi connectivity index (χ1n) is 4.05. The van der Waals surface area contributed by atoms with Gasteiger partial charge in [-0.15, -0.1) is 11.6 Å². The predicted molar refractivity (Wildman–Crippen MR) is 45.5 cm³/mol. The van der Waals surface area contributed by atoms with Gasteiger partial charge in [0.15, 0.2) is 0 Å². The van der Waals surface area contributed by atoms with Gasteiger partial charge in [0.05, 0.1) is 6.07 Å². The van der Waals surface area contributed by atoms with E-state index in [1.54, 1.807) is 0 Å². The van der Waals surface area contributed by atoms with E-state index in [1.807, 2.05) is 0 Å². The van der Waals surface area contributed by atoms with Crippen LogP contribution < -0.4 is 0 Å². The van der Waals surface area contributed by atoms with Gasteiger partial charge in [-0.2, -0.15) is 5.26 Å². The van der Waals surface area contributed by atoms with Gasteiger partial charge in [0, 0.05) is 31.4 Å². The first kappa shape index (κ1) is 8.83. The summed E-state index contributed by atoms with van der Waals surface area (Å²) in [6.45, 7) is 1.84. The molecule has 0 bridgehead atoms. The molecule has 1 aliphatic carbocycles. The molecule has 1 saturated carbocycles. The summed E-state index contributed by atoms with van der Waals surface area (Å²) in [6, 6.07) is 2.89. The minimum Gasteiger partial charge on any atom is -0.298 e. The summed E-state index contributed by atoms with van der Waals surface area (Å²) in [5.41, 5.74) is 0. The third-order valence-corrected chi connectivity index (χ3v) is 2.11. The highest BCUT2D eigenvalue weighted by Crippen LogP contribution is 2.26. The van der Waals surface area contributed by atoms with Crippen molar-refractivity contribution in [2.24, 2.45) is 0 Å². The zero-order valence-corrected chi connectivity index (χ0v) is 7.35. The number of hydrogen-bond donors (Lipinski definition) is 0. The van der Waals surface area contributed by atoms with E-state index < -0.39 is 0 Å². The fourth-order valence-corrected chi connectivity index (χ4v) is 1.44. The van der Waals surface area contributed by atoms with Crippen molar-refractivity contribution in [2.75, 3.05) is 19.0 Å². The Kier molecular flexibility index (Phi) is 3.68. The molecule has 0 spiro atoms. The summed E-state index contributed by atoms with van der Waals surface area (Å²) >= 11 is 5.62. The van der Waals surface area contributed by atoms with E-state index in [2.05, 4.69) is 11.0 Å². The molecule has 0 unspecified atom stereocenters. The van der Waals surface area contributed by atoms with Gasteiger partial charge < -0.3 is 0 Å². The van der Waals surface area contributed by atoms with Crippen molar-refractivity contribution in [3.8, 4) is 6.07 Å². The Morgan fingerprint density at radius 2 is 2.18 bits per heavy atom. The van der Waals surface area contributed by atoms with Crippen LogP contribution in [-0.4, -0.2) is 29.9 Å². The molecule has 11 heavy (non-hydrogen) atoms. The van der Waals surface area contributed by atoms with Crippen molar-refractivity contribution >= 4 is 11.6 Å². The average molecular weight is 173 g/mol. The van der Waals surface area contributed by atoms with Crippen molar-refractivity contribution in [1.82, 2.24) is 4.90 Å². The molecule has 3 heteroatoms. The fourth-order valence-electron chi connectivity index (χ4n) is 1.22. The van der Waals surface area contributed by atoms with Crippen LogP contribution in [0.5, 0.6) is 0 Å². The molecule has 2 nitrogen and oxygen atoms in total. The average Bonchev–Trinajstić information content (AvgIpc) is 2.80. The van der Waals surface area contributed by atoms with Crippen molar-refractivity contribution < 1.29 is 0 Å². The molecule has 0 aromatic heterocycles. The number of halogens is 1. The third-order valence-electron chi connectivity index (χ3n) is 1.95. The maximum atomic E-state index is 8.38. The van der Waals surface area contributed by atoms with Crippen molar-refractivity contribution in [1.29, 1.82) is 5.26 Å². The van der Waals surface area contributed by atoms with Gasteiger partial charge in [0.25, 0.3) is 0 Å². The van der Waals surface area contributed by atoms with E-state index in [-0.39, 0.29) is 0 Å². The SMILES string of the molecule is N#CCCN(CCCl)C1CC1. The van der Waals surface area contributed by atoms with E-state index >= 15 is 0 Å². The topological polar surface area (TPSA) is 27.0 Å². The van der Waals surface area contributed by atoms with Crippen LogP contribution in [0.15, 0.2) is 0 Å². The minimum absolute atomic E-state index is 0.632. The molecule has 0 radical (unpaired) electrons. The van der Waals surface area contributed by atoms with E-state index in [1.165, 1.54) is 12.8 Å². The van der Waals surface area contributed by atoms with E-state index in [0.717, 1.165) is 19.1 Å². The zero-order chi connectivity index (χ0) is 8.10. The molecule has 0 saturated heterocycles. The highest BCUT2D eigenvalue weighted by molar-refractivity contribution is 6.18. The Hall–Kier alpha value is -0.260. The summed E-state index contributed by atoms with van der Waals surface area (Å²) in [5.74, 6) is 0.682. The maximum absolute atomic E-state index is 8.38. The Labute approximate surface area is 72.7 Å². The highest BCUT2D eigenvalue weighted by atomic mass is 35.5. The molecule has 0 heterocycles. The van der Waals surface area contributed by atoms with Crippen molar-refractivity contribution in [3.63, 3.8) is 0 Å².